The summed E-state index contributed by atoms with van der Waals surface area (Å²) >= 11 is 2.45. The maximum absolute atomic E-state index is 13.5. The first kappa shape index (κ1) is 25.9. The molecular formula is C27H23N5O3S2. The van der Waals surface area contributed by atoms with E-state index in [0.29, 0.717) is 50.6 Å². The zero-order valence-corrected chi connectivity index (χ0v) is 21.8. The van der Waals surface area contributed by atoms with Gasteiger partial charge in [0, 0.05) is 22.8 Å². The van der Waals surface area contributed by atoms with E-state index in [-0.39, 0.29) is 23.1 Å². The number of nitrogens with zero attached hydrogens (tertiary/aromatic N) is 3. The summed E-state index contributed by atoms with van der Waals surface area (Å²) < 4.78 is 5.56. The van der Waals surface area contributed by atoms with E-state index >= 15 is 0 Å². The zero-order chi connectivity index (χ0) is 26.2. The van der Waals surface area contributed by atoms with Crippen LogP contribution < -0.4 is 15.4 Å². The second kappa shape index (κ2) is 12.2. The second-order valence-corrected chi connectivity index (χ2v) is 9.55. The fourth-order valence-electron chi connectivity index (χ4n) is 3.63. The van der Waals surface area contributed by atoms with Crippen LogP contribution >= 0.6 is 23.1 Å². The zero-order valence-electron chi connectivity index (χ0n) is 20.1. The Morgan fingerprint density at radius 2 is 1.86 bits per heavy atom. The maximum Gasteiger partial charge on any atom is 0.258 e. The molecule has 4 rings (SSSR count). The molecule has 0 radical (unpaired) electrons. The van der Waals surface area contributed by atoms with Gasteiger partial charge in [-0.3, -0.25) is 9.59 Å². The smallest absolute Gasteiger partial charge is 0.258 e. The van der Waals surface area contributed by atoms with Crippen LogP contribution in [0.4, 0.5) is 10.8 Å². The molecule has 0 spiro atoms. The Morgan fingerprint density at radius 3 is 2.51 bits per heavy atom. The molecule has 4 aromatic rings. The number of hydrogen-bond acceptors (Lipinski definition) is 8. The first-order valence-corrected chi connectivity index (χ1v) is 13.2. The minimum atomic E-state index is -0.380. The number of hydrogen-bond donors (Lipinski definition) is 2. The Morgan fingerprint density at radius 1 is 1.11 bits per heavy atom. The number of nitriles is 1. The van der Waals surface area contributed by atoms with Crippen LogP contribution in [0.3, 0.4) is 0 Å². The van der Waals surface area contributed by atoms with Crippen LogP contribution in [0.5, 0.6) is 5.75 Å². The third-order valence-electron chi connectivity index (χ3n) is 5.19. The predicted molar refractivity (Wildman–Crippen MR) is 146 cm³/mol. The summed E-state index contributed by atoms with van der Waals surface area (Å²) in [7, 11) is 0. The van der Waals surface area contributed by atoms with E-state index in [1.54, 1.807) is 42.8 Å². The van der Waals surface area contributed by atoms with Gasteiger partial charge < -0.3 is 15.4 Å². The molecule has 37 heavy (non-hydrogen) atoms. The Balaban J connectivity index is 1.73. The van der Waals surface area contributed by atoms with Crippen molar-refractivity contribution in [2.75, 3.05) is 23.0 Å². The van der Waals surface area contributed by atoms with E-state index in [4.69, 9.17) is 4.74 Å². The molecule has 0 fully saturated rings. The summed E-state index contributed by atoms with van der Waals surface area (Å²) in [4.78, 5) is 34.5. The Bertz CT molecular complexity index is 1430. The lowest BCUT2D eigenvalue weighted by Crippen LogP contribution is -2.18. The van der Waals surface area contributed by atoms with Gasteiger partial charge in [0.1, 0.15) is 16.8 Å². The molecule has 0 saturated heterocycles. The number of pyridine rings is 1. The van der Waals surface area contributed by atoms with E-state index in [1.165, 1.54) is 11.3 Å². The molecule has 0 unspecified atom stereocenters. The molecule has 10 heteroatoms. The highest BCUT2D eigenvalue weighted by Crippen LogP contribution is 2.36. The largest absolute Gasteiger partial charge is 0.494 e. The third-order valence-corrected chi connectivity index (χ3v) is 6.85. The number of ether oxygens (including phenoxy) is 1. The number of rotatable bonds is 9. The molecule has 8 nitrogen and oxygen atoms in total. The van der Waals surface area contributed by atoms with Crippen molar-refractivity contribution in [2.24, 2.45) is 0 Å². The van der Waals surface area contributed by atoms with Crippen LogP contribution in [0.25, 0.3) is 11.1 Å². The molecule has 0 aliphatic heterocycles. The van der Waals surface area contributed by atoms with E-state index in [2.05, 4.69) is 26.7 Å². The summed E-state index contributed by atoms with van der Waals surface area (Å²) in [5.41, 5.74) is 2.70. The molecule has 0 atom stereocenters. The number of thiazole rings is 1. The summed E-state index contributed by atoms with van der Waals surface area (Å²) in [6.07, 6.45) is 1.61. The van der Waals surface area contributed by atoms with Gasteiger partial charge in [0.15, 0.2) is 5.13 Å². The van der Waals surface area contributed by atoms with Crippen molar-refractivity contribution in [1.29, 1.82) is 5.26 Å². The minimum absolute atomic E-state index is 0.0268. The lowest BCUT2D eigenvalue weighted by molar-refractivity contribution is -0.113. The van der Waals surface area contributed by atoms with E-state index in [1.807, 2.05) is 37.3 Å². The summed E-state index contributed by atoms with van der Waals surface area (Å²) in [6, 6.07) is 18.5. The number of carbonyl (C=O) groups is 2. The lowest BCUT2D eigenvalue weighted by atomic mass is 9.94. The lowest BCUT2D eigenvalue weighted by Gasteiger charge is -2.17. The third kappa shape index (κ3) is 6.33. The standard InChI is InChI=1S/C27H23N5O3S2/c1-3-35-20-11-9-18(10-12-20)24-21(15-28)26(37-16-22(33)32-27-29-13-14-36-27)30-17(2)23(24)25(34)31-19-7-5-4-6-8-19/h4-14H,3,16H2,1-2H3,(H,31,34)(H,29,32,33). The van der Waals surface area contributed by atoms with Gasteiger partial charge in [-0.2, -0.15) is 5.26 Å². The summed E-state index contributed by atoms with van der Waals surface area (Å²) in [5.74, 6) is 0.0598. The van der Waals surface area contributed by atoms with Gasteiger partial charge in [0.05, 0.1) is 29.2 Å². The van der Waals surface area contributed by atoms with Gasteiger partial charge in [-0.1, -0.05) is 42.1 Å². The topological polar surface area (TPSA) is 117 Å². The highest BCUT2D eigenvalue weighted by molar-refractivity contribution is 8.00. The average Bonchev–Trinajstić information content (AvgIpc) is 3.41. The molecule has 0 aliphatic carbocycles. The first-order valence-electron chi connectivity index (χ1n) is 11.4. The van der Waals surface area contributed by atoms with Gasteiger partial charge in [0.25, 0.3) is 5.91 Å². The van der Waals surface area contributed by atoms with Gasteiger partial charge in [-0.25, -0.2) is 9.97 Å². The molecule has 2 amide bonds. The number of carbonyl (C=O) groups excluding carboxylic acids is 2. The molecule has 0 saturated carbocycles. The molecule has 2 N–H and O–H groups in total. The van der Waals surface area contributed by atoms with E-state index < -0.39 is 0 Å². The first-order chi connectivity index (χ1) is 18.0. The number of nitrogens with one attached hydrogen (secondary N) is 2. The van der Waals surface area contributed by atoms with Gasteiger partial charge >= 0.3 is 0 Å². The van der Waals surface area contributed by atoms with E-state index in [9.17, 15) is 14.9 Å². The number of aryl methyl sites for hydroxylation is 1. The van der Waals surface area contributed by atoms with Crippen LogP contribution in [0.2, 0.25) is 0 Å². The van der Waals surface area contributed by atoms with Crippen molar-refractivity contribution in [2.45, 2.75) is 18.9 Å². The molecule has 2 heterocycles. The highest BCUT2D eigenvalue weighted by atomic mass is 32.2. The van der Waals surface area contributed by atoms with Crippen LogP contribution in [0.15, 0.2) is 71.2 Å². The van der Waals surface area contributed by atoms with Crippen LogP contribution in [-0.2, 0) is 4.79 Å². The number of para-hydroxylation sites is 1. The van der Waals surface area contributed by atoms with E-state index in [0.717, 1.165) is 11.8 Å². The SMILES string of the molecule is CCOc1ccc(-c2c(C#N)c(SCC(=O)Nc3nccs3)nc(C)c2C(=O)Nc2ccccc2)cc1. The van der Waals surface area contributed by atoms with Crippen molar-refractivity contribution in [3.63, 3.8) is 0 Å². The van der Waals surface area contributed by atoms with Crippen LogP contribution in [-0.4, -0.2) is 34.1 Å². The highest BCUT2D eigenvalue weighted by Gasteiger charge is 2.25. The molecule has 0 bridgehead atoms. The molecule has 2 aromatic heterocycles. The number of aromatic nitrogens is 2. The number of thioether (sulfide) groups is 1. The average molecular weight is 530 g/mol. The molecule has 0 aliphatic rings. The minimum Gasteiger partial charge on any atom is -0.494 e. The van der Waals surface area contributed by atoms with Gasteiger partial charge in [-0.15, -0.1) is 11.3 Å². The van der Waals surface area contributed by atoms with Crippen molar-refractivity contribution >= 4 is 45.7 Å². The molecular weight excluding hydrogens is 506 g/mol. The van der Waals surface area contributed by atoms with Gasteiger partial charge in [0.2, 0.25) is 5.91 Å². The maximum atomic E-state index is 13.5. The molecule has 2 aromatic carbocycles. The number of amides is 2. The van der Waals surface area contributed by atoms with Crippen molar-refractivity contribution in [3.8, 4) is 22.9 Å². The summed E-state index contributed by atoms with van der Waals surface area (Å²) in [6.45, 7) is 4.14. The van der Waals surface area contributed by atoms with Crippen molar-refractivity contribution < 1.29 is 14.3 Å². The Labute approximate surface area is 222 Å². The van der Waals surface area contributed by atoms with Crippen molar-refractivity contribution in [3.05, 3.63) is 83.0 Å². The quantitative estimate of drug-likeness (QED) is 0.264. The fraction of sp³-hybridized carbons (Fsp3) is 0.148. The molecule has 186 valence electrons. The van der Waals surface area contributed by atoms with Gasteiger partial charge in [-0.05, 0) is 43.7 Å². The second-order valence-electron chi connectivity index (χ2n) is 7.69. The normalized spacial score (nSPS) is 10.4. The van der Waals surface area contributed by atoms with Crippen LogP contribution in [0.1, 0.15) is 28.5 Å². The fourth-order valence-corrected chi connectivity index (χ4v) is 5.00. The number of anilines is 2. The predicted octanol–water partition coefficient (Wildman–Crippen LogP) is 5.77. The van der Waals surface area contributed by atoms with Crippen molar-refractivity contribution in [1.82, 2.24) is 9.97 Å². The number of benzene rings is 2. The summed E-state index contributed by atoms with van der Waals surface area (Å²) in [5, 5.41) is 18.4. The Kier molecular flexibility index (Phi) is 8.51. The monoisotopic (exact) mass is 529 g/mol. The van der Waals surface area contributed by atoms with Crippen LogP contribution in [0, 0.1) is 18.3 Å². The Hall–Kier alpha value is -4.20.